The van der Waals surface area contributed by atoms with Gasteiger partial charge in [-0.1, -0.05) is 30.3 Å². The molecule has 0 radical (unpaired) electrons. The molecular formula is C22H23N3O2. The Morgan fingerprint density at radius 2 is 1.67 bits per heavy atom. The second-order valence-electron chi connectivity index (χ2n) is 6.71. The molecule has 4 rings (SSSR count). The van der Waals surface area contributed by atoms with Gasteiger partial charge < -0.3 is 14.2 Å². The van der Waals surface area contributed by atoms with Crippen molar-refractivity contribution in [1.29, 1.82) is 0 Å². The number of piperazine rings is 1. The number of aromatic nitrogens is 1. The van der Waals surface area contributed by atoms with Crippen LogP contribution in [0.5, 0.6) is 0 Å². The summed E-state index contributed by atoms with van der Waals surface area (Å²) in [6, 6.07) is 18.0. The van der Waals surface area contributed by atoms with E-state index in [1.807, 2.05) is 59.5 Å². The first-order valence-corrected chi connectivity index (χ1v) is 9.36. The lowest BCUT2D eigenvalue weighted by atomic mass is 10.2. The largest absolute Gasteiger partial charge is 0.461 e. The lowest BCUT2D eigenvalue weighted by Gasteiger charge is -2.36. The number of carbonyl (C=O) groups is 1. The Balaban J connectivity index is 1.27. The Morgan fingerprint density at radius 1 is 0.926 bits per heavy atom. The van der Waals surface area contributed by atoms with Crippen molar-refractivity contribution < 1.29 is 9.21 Å². The van der Waals surface area contributed by atoms with E-state index in [1.54, 1.807) is 12.4 Å². The van der Waals surface area contributed by atoms with Gasteiger partial charge in [0.05, 0.1) is 0 Å². The number of anilines is 1. The van der Waals surface area contributed by atoms with Crippen LogP contribution in [0.1, 0.15) is 12.2 Å². The third-order valence-corrected chi connectivity index (χ3v) is 4.97. The lowest BCUT2D eigenvalue weighted by molar-refractivity contribution is -0.131. The smallest absolute Gasteiger partial charge is 0.223 e. The maximum Gasteiger partial charge on any atom is 0.223 e. The van der Waals surface area contributed by atoms with Gasteiger partial charge in [-0.05, 0) is 24.3 Å². The van der Waals surface area contributed by atoms with Crippen LogP contribution in [0.15, 0.2) is 71.4 Å². The molecule has 1 saturated heterocycles. The fourth-order valence-electron chi connectivity index (χ4n) is 3.43. The molecule has 0 N–H and O–H groups in total. The minimum Gasteiger partial charge on any atom is -0.461 e. The number of pyridine rings is 1. The summed E-state index contributed by atoms with van der Waals surface area (Å²) in [5.74, 6) is 1.91. The molecule has 5 heteroatoms. The van der Waals surface area contributed by atoms with E-state index in [0.29, 0.717) is 12.8 Å². The molecule has 3 heterocycles. The number of aryl methyl sites for hydroxylation is 1. The molecule has 0 aliphatic carbocycles. The van der Waals surface area contributed by atoms with Crippen molar-refractivity contribution in [3.8, 4) is 11.3 Å². The molecule has 1 fully saturated rings. The van der Waals surface area contributed by atoms with Crippen LogP contribution in [0.3, 0.4) is 0 Å². The van der Waals surface area contributed by atoms with E-state index in [4.69, 9.17) is 4.42 Å². The van der Waals surface area contributed by atoms with Crippen molar-refractivity contribution >= 4 is 11.6 Å². The Labute approximate surface area is 159 Å². The minimum absolute atomic E-state index is 0.196. The molecule has 2 aromatic heterocycles. The minimum atomic E-state index is 0.196. The third kappa shape index (κ3) is 4.19. The normalized spacial score (nSPS) is 14.4. The zero-order valence-electron chi connectivity index (χ0n) is 15.3. The van der Waals surface area contributed by atoms with Crippen molar-refractivity contribution in [1.82, 2.24) is 9.88 Å². The van der Waals surface area contributed by atoms with Gasteiger partial charge in [0.15, 0.2) is 0 Å². The third-order valence-electron chi connectivity index (χ3n) is 4.97. The monoisotopic (exact) mass is 361 g/mol. The summed E-state index contributed by atoms with van der Waals surface area (Å²) in [7, 11) is 0. The van der Waals surface area contributed by atoms with Crippen LogP contribution >= 0.6 is 0 Å². The van der Waals surface area contributed by atoms with Crippen LogP contribution in [-0.2, 0) is 11.2 Å². The fourth-order valence-corrected chi connectivity index (χ4v) is 3.43. The topological polar surface area (TPSA) is 49.6 Å². The predicted octanol–water partition coefficient (Wildman–Crippen LogP) is 3.62. The van der Waals surface area contributed by atoms with Crippen LogP contribution in [0.2, 0.25) is 0 Å². The molecule has 0 spiro atoms. The Bertz CT molecular complexity index is 869. The highest BCUT2D eigenvalue weighted by atomic mass is 16.3. The lowest BCUT2D eigenvalue weighted by Crippen LogP contribution is -2.48. The van der Waals surface area contributed by atoms with Crippen molar-refractivity contribution in [2.24, 2.45) is 0 Å². The van der Waals surface area contributed by atoms with E-state index in [9.17, 15) is 4.79 Å². The second kappa shape index (κ2) is 8.08. The molecule has 0 bridgehead atoms. The van der Waals surface area contributed by atoms with Crippen LogP contribution in [0.4, 0.5) is 5.69 Å². The van der Waals surface area contributed by atoms with Crippen molar-refractivity contribution in [2.75, 3.05) is 31.1 Å². The Hall–Kier alpha value is -3.08. The molecular weight excluding hydrogens is 338 g/mol. The van der Waals surface area contributed by atoms with Crippen LogP contribution in [0, 0.1) is 0 Å². The zero-order valence-corrected chi connectivity index (χ0v) is 15.3. The van der Waals surface area contributed by atoms with Crippen LogP contribution in [0.25, 0.3) is 11.3 Å². The SMILES string of the molecule is O=C(CCc1ccc(-c2ccccc2)o1)N1CCN(c2ccncc2)CC1. The van der Waals surface area contributed by atoms with Crippen molar-refractivity contribution in [2.45, 2.75) is 12.8 Å². The first kappa shape index (κ1) is 17.3. The van der Waals surface area contributed by atoms with Gasteiger partial charge in [0.1, 0.15) is 11.5 Å². The Kier molecular flexibility index (Phi) is 5.19. The van der Waals surface area contributed by atoms with E-state index in [-0.39, 0.29) is 5.91 Å². The molecule has 27 heavy (non-hydrogen) atoms. The molecule has 1 aromatic carbocycles. The summed E-state index contributed by atoms with van der Waals surface area (Å²) in [6.07, 6.45) is 4.73. The number of amides is 1. The van der Waals surface area contributed by atoms with E-state index in [1.165, 1.54) is 5.69 Å². The highest BCUT2D eigenvalue weighted by molar-refractivity contribution is 5.76. The summed E-state index contributed by atoms with van der Waals surface area (Å²) in [5, 5.41) is 0. The first-order valence-electron chi connectivity index (χ1n) is 9.36. The van der Waals surface area contributed by atoms with Gasteiger partial charge in [-0.3, -0.25) is 9.78 Å². The quantitative estimate of drug-likeness (QED) is 0.696. The van der Waals surface area contributed by atoms with Crippen molar-refractivity contribution in [3.05, 3.63) is 72.8 Å². The second-order valence-corrected chi connectivity index (χ2v) is 6.71. The average Bonchev–Trinajstić information content (AvgIpc) is 3.22. The number of benzene rings is 1. The Morgan fingerprint density at radius 3 is 2.41 bits per heavy atom. The highest BCUT2D eigenvalue weighted by Gasteiger charge is 2.21. The zero-order chi connectivity index (χ0) is 18.5. The standard InChI is InChI=1S/C22H23N3O2/c26-22(25-16-14-24(15-17-25)19-10-12-23-13-11-19)9-7-20-6-8-21(27-20)18-4-2-1-3-5-18/h1-6,8,10-13H,7,9,14-17H2. The summed E-state index contributed by atoms with van der Waals surface area (Å²) in [5.41, 5.74) is 2.23. The summed E-state index contributed by atoms with van der Waals surface area (Å²) >= 11 is 0. The molecule has 1 aliphatic heterocycles. The van der Waals surface area contributed by atoms with Gasteiger partial charge in [0.2, 0.25) is 5.91 Å². The molecule has 0 atom stereocenters. The average molecular weight is 361 g/mol. The van der Waals surface area contributed by atoms with Crippen molar-refractivity contribution in [3.63, 3.8) is 0 Å². The number of furan rings is 1. The predicted molar refractivity (Wildman–Crippen MR) is 105 cm³/mol. The number of hydrogen-bond donors (Lipinski definition) is 0. The van der Waals surface area contributed by atoms with Gasteiger partial charge in [-0.2, -0.15) is 0 Å². The van der Waals surface area contributed by atoms with E-state index >= 15 is 0 Å². The van der Waals surface area contributed by atoms with Gasteiger partial charge >= 0.3 is 0 Å². The molecule has 3 aromatic rings. The number of rotatable bonds is 5. The summed E-state index contributed by atoms with van der Waals surface area (Å²) in [6.45, 7) is 3.23. The van der Waals surface area contributed by atoms with Crippen LogP contribution in [-0.4, -0.2) is 42.0 Å². The van der Waals surface area contributed by atoms with Gasteiger partial charge in [0, 0.05) is 62.7 Å². The van der Waals surface area contributed by atoms with E-state index in [0.717, 1.165) is 43.3 Å². The van der Waals surface area contributed by atoms with Gasteiger partial charge in [0.25, 0.3) is 0 Å². The molecule has 0 unspecified atom stereocenters. The maximum absolute atomic E-state index is 12.5. The summed E-state index contributed by atoms with van der Waals surface area (Å²) < 4.78 is 5.90. The number of hydrogen-bond acceptors (Lipinski definition) is 4. The first-order chi connectivity index (χ1) is 13.3. The van der Waals surface area contributed by atoms with E-state index in [2.05, 4.69) is 9.88 Å². The molecule has 138 valence electrons. The maximum atomic E-state index is 12.5. The summed E-state index contributed by atoms with van der Waals surface area (Å²) in [4.78, 5) is 20.9. The fraction of sp³-hybridized carbons (Fsp3) is 0.273. The van der Waals surface area contributed by atoms with E-state index < -0.39 is 0 Å². The van der Waals surface area contributed by atoms with Crippen LogP contribution < -0.4 is 4.90 Å². The molecule has 1 aliphatic rings. The molecule has 5 nitrogen and oxygen atoms in total. The molecule has 1 amide bonds. The number of nitrogens with zero attached hydrogens (tertiary/aromatic N) is 3. The van der Waals surface area contributed by atoms with Gasteiger partial charge in [-0.15, -0.1) is 0 Å². The highest BCUT2D eigenvalue weighted by Crippen LogP contribution is 2.22. The van der Waals surface area contributed by atoms with Gasteiger partial charge in [-0.25, -0.2) is 0 Å². The number of carbonyl (C=O) groups excluding carboxylic acids is 1. The molecule has 0 saturated carbocycles.